The summed E-state index contributed by atoms with van der Waals surface area (Å²) in [4.78, 5) is 18.7. The number of benzene rings is 2. The van der Waals surface area contributed by atoms with Gasteiger partial charge in [0.2, 0.25) is 5.95 Å². The quantitative estimate of drug-likeness (QED) is 0.365. The lowest BCUT2D eigenvalue weighted by molar-refractivity contribution is -0.385. The molecule has 0 atom stereocenters. The predicted octanol–water partition coefficient (Wildman–Crippen LogP) is 3.67. The number of nitrogens with one attached hydrogen (secondary N) is 3. The predicted molar refractivity (Wildman–Crippen MR) is 115 cm³/mol. The molecule has 1 aromatic heterocycles. The summed E-state index contributed by atoms with van der Waals surface area (Å²) >= 11 is 0. The minimum atomic E-state index is -3.97. The van der Waals surface area contributed by atoms with Crippen molar-refractivity contribution in [2.75, 3.05) is 21.9 Å². The summed E-state index contributed by atoms with van der Waals surface area (Å²) in [6.45, 7) is 4.56. The lowest BCUT2D eigenvalue weighted by Gasteiger charge is -2.11. The minimum Gasteiger partial charge on any atom is -0.370 e. The standard InChI is InChI=1S/C19H20N6O4S/c1-3-20-18-11-13(2)21-19(23-18)22-14-7-9-15(10-8-14)24-30(28,29)17-6-4-5-16(12-17)25(26)27/h4-12,24H,3H2,1-2H3,(H2,20,21,22,23). The van der Waals surface area contributed by atoms with Crippen LogP contribution in [0.25, 0.3) is 0 Å². The molecule has 0 aliphatic rings. The molecule has 3 aromatic rings. The monoisotopic (exact) mass is 428 g/mol. The fraction of sp³-hybridized carbons (Fsp3) is 0.158. The van der Waals surface area contributed by atoms with Gasteiger partial charge in [0.05, 0.1) is 9.82 Å². The van der Waals surface area contributed by atoms with E-state index in [4.69, 9.17) is 0 Å². The van der Waals surface area contributed by atoms with E-state index < -0.39 is 14.9 Å². The molecule has 2 aromatic carbocycles. The van der Waals surface area contributed by atoms with Gasteiger partial charge in [-0.05, 0) is 44.2 Å². The van der Waals surface area contributed by atoms with Crippen molar-refractivity contribution in [1.82, 2.24) is 9.97 Å². The molecule has 0 fully saturated rings. The molecule has 0 saturated carbocycles. The first-order valence-corrected chi connectivity index (χ1v) is 10.5. The van der Waals surface area contributed by atoms with E-state index in [2.05, 4.69) is 25.3 Å². The Morgan fingerprint density at radius 1 is 1.03 bits per heavy atom. The van der Waals surface area contributed by atoms with E-state index in [1.165, 1.54) is 18.2 Å². The lowest BCUT2D eigenvalue weighted by Crippen LogP contribution is -2.13. The first kappa shape index (κ1) is 21.0. The number of hydrogen-bond acceptors (Lipinski definition) is 8. The van der Waals surface area contributed by atoms with E-state index >= 15 is 0 Å². The lowest BCUT2D eigenvalue weighted by atomic mass is 10.3. The molecule has 0 bridgehead atoms. The van der Waals surface area contributed by atoms with Crippen molar-refractivity contribution in [2.24, 2.45) is 0 Å². The summed E-state index contributed by atoms with van der Waals surface area (Å²) in [6.07, 6.45) is 0. The van der Waals surface area contributed by atoms with Crippen LogP contribution in [-0.2, 0) is 10.0 Å². The Hall–Kier alpha value is -3.73. The third-order valence-electron chi connectivity index (χ3n) is 3.94. The van der Waals surface area contributed by atoms with Crippen LogP contribution >= 0.6 is 0 Å². The van der Waals surface area contributed by atoms with E-state index in [9.17, 15) is 18.5 Å². The normalized spacial score (nSPS) is 11.0. The van der Waals surface area contributed by atoms with Gasteiger partial charge in [-0.15, -0.1) is 0 Å². The second kappa shape index (κ2) is 8.74. The molecule has 0 radical (unpaired) electrons. The van der Waals surface area contributed by atoms with Gasteiger partial charge in [0.1, 0.15) is 5.82 Å². The molecule has 0 aliphatic heterocycles. The third kappa shape index (κ3) is 5.20. The smallest absolute Gasteiger partial charge is 0.270 e. The summed E-state index contributed by atoms with van der Waals surface area (Å²) in [6, 6.07) is 13.2. The van der Waals surface area contributed by atoms with Crippen molar-refractivity contribution in [3.63, 3.8) is 0 Å². The average molecular weight is 428 g/mol. The van der Waals surface area contributed by atoms with E-state index in [1.807, 2.05) is 19.9 Å². The van der Waals surface area contributed by atoms with Gasteiger partial charge in [0.15, 0.2) is 0 Å². The second-order valence-corrected chi connectivity index (χ2v) is 7.99. The second-order valence-electron chi connectivity index (χ2n) is 6.31. The Labute approximate surface area is 173 Å². The van der Waals surface area contributed by atoms with Crippen LogP contribution in [0, 0.1) is 17.0 Å². The number of sulfonamides is 1. The van der Waals surface area contributed by atoms with Crippen molar-refractivity contribution >= 4 is 38.9 Å². The molecule has 0 saturated heterocycles. The van der Waals surface area contributed by atoms with Gasteiger partial charge in [0.25, 0.3) is 15.7 Å². The van der Waals surface area contributed by atoms with Crippen LogP contribution in [0.4, 0.5) is 28.8 Å². The zero-order valence-electron chi connectivity index (χ0n) is 16.3. The number of nitro benzene ring substituents is 1. The molecule has 11 heteroatoms. The van der Waals surface area contributed by atoms with Crippen molar-refractivity contribution in [1.29, 1.82) is 0 Å². The molecule has 0 spiro atoms. The highest BCUT2D eigenvalue weighted by atomic mass is 32.2. The van der Waals surface area contributed by atoms with Gasteiger partial charge in [-0.1, -0.05) is 6.07 Å². The number of non-ortho nitro benzene ring substituents is 1. The number of anilines is 4. The molecule has 156 valence electrons. The molecule has 10 nitrogen and oxygen atoms in total. The Kier molecular flexibility index (Phi) is 6.11. The van der Waals surface area contributed by atoms with Crippen LogP contribution in [0.5, 0.6) is 0 Å². The first-order chi connectivity index (χ1) is 14.3. The largest absolute Gasteiger partial charge is 0.370 e. The molecular weight excluding hydrogens is 408 g/mol. The maximum Gasteiger partial charge on any atom is 0.270 e. The van der Waals surface area contributed by atoms with E-state index in [0.29, 0.717) is 23.1 Å². The number of aromatic nitrogens is 2. The highest BCUT2D eigenvalue weighted by molar-refractivity contribution is 7.92. The van der Waals surface area contributed by atoms with Gasteiger partial charge < -0.3 is 10.6 Å². The third-order valence-corrected chi connectivity index (χ3v) is 5.32. The van der Waals surface area contributed by atoms with E-state index in [1.54, 1.807) is 24.3 Å². The Morgan fingerprint density at radius 3 is 2.40 bits per heavy atom. The van der Waals surface area contributed by atoms with Crippen LogP contribution in [0.3, 0.4) is 0 Å². The fourth-order valence-corrected chi connectivity index (χ4v) is 3.72. The minimum absolute atomic E-state index is 0.192. The zero-order valence-corrected chi connectivity index (χ0v) is 17.1. The summed E-state index contributed by atoms with van der Waals surface area (Å²) < 4.78 is 27.4. The molecule has 1 heterocycles. The summed E-state index contributed by atoms with van der Waals surface area (Å²) in [5.74, 6) is 1.12. The molecule has 0 unspecified atom stereocenters. The molecule has 0 amide bonds. The highest BCUT2D eigenvalue weighted by Gasteiger charge is 2.17. The number of nitrogens with zero attached hydrogens (tertiary/aromatic N) is 3. The average Bonchev–Trinajstić information content (AvgIpc) is 2.69. The molecular formula is C19H20N6O4S. The summed E-state index contributed by atoms with van der Waals surface area (Å²) in [5.41, 5.74) is 1.48. The van der Waals surface area contributed by atoms with Crippen molar-refractivity contribution < 1.29 is 13.3 Å². The number of nitro groups is 1. The SMILES string of the molecule is CCNc1cc(C)nc(Nc2ccc(NS(=O)(=O)c3cccc([N+](=O)[O-])c3)cc2)n1. The van der Waals surface area contributed by atoms with Gasteiger partial charge in [-0.2, -0.15) is 4.98 Å². The maximum absolute atomic E-state index is 12.5. The van der Waals surface area contributed by atoms with Crippen LogP contribution in [-0.4, -0.2) is 29.9 Å². The van der Waals surface area contributed by atoms with Gasteiger partial charge in [-0.3, -0.25) is 14.8 Å². The van der Waals surface area contributed by atoms with Gasteiger partial charge in [0, 0.05) is 41.8 Å². The molecule has 3 N–H and O–H groups in total. The van der Waals surface area contributed by atoms with E-state index in [-0.39, 0.29) is 10.6 Å². The number of aryl methyl sites for hydroxylation is 1. The summed E-state index contributed by atoms with van der Waals surface area (Å²) in [7, 11) is -3.97. The molecule has 30 heavy (non-hydrogen) atoms. The molecule has 0 aliphatic carbocycles. The summed E-state index contributed by atoms with van der Waals surface area (Å²) in [5, 5.41) is 17.1. The van der Waals surface area contributed by atoms with Crippen LogP contribution < -0.4 is 15.4 Å². The Morgan fingerprint density at radius 2 is 1.73 bits per heavy atom. The number of hydrogen-bond donors (Lipinski definition) is 3. The Bertz CT molecular complexity index is 1170. The van der Waals surface area contributed by atoms with Crippen molar-refractivity contribution in [3.8, 4) is 0 Å². The van der Waals surface area contributed by atoms with Crippen LogP contribution in [0.15, 0.2) is 59.5 Å². The van der Waals surface area contributed by atoms with Crippen molar-refractivity contribution in [3.05, 3.63) is 70.4 Å². The van der Waals surface area contributed by atoms with E-state index in [0.717, 1.165) is 18.3 Å². The highest BCUT2D eigenvalue weighted by Crippen LogP contribution is 2.22. The van der Waals surface area contributed by atoms with Crippen molar-refractivity contribution in [2.45, 2.75) is 18.7 Å². The van der Waals surface area contributed by atoms with Gasteiger partial charge in [-0.25, -0.2) is 13.4 Å². The topological polar surface area (TPSA) is 139 Å². The van der Waals surface area contributed by atoms with Crippen LogP contribution in [0.2, 0.25) is 0 Å². The maximum atomic E-state index is 12.5. The Balaban J connectivity index is 1.74. The molecule has 3 rings (SSSR count). The number of rotatable bonds is 8. The fourth-order valence-electron chi connectivity index (χ4n) is 2.63. The van der Waals surface area contributed by atoms with Crippen LogP contribution in [0.1, 0.15) is 12.6 Å². The zero-order chi connectivity index (χ0) is 21.7. The van der Waals surface area contributed by atoms with Gasteiger partial charge >= 0.3 is 0 Å². The first-order valence-electron chi connectivity index (χ1n) is 9.01.